The molecular formula is C9H9N3. The number of rotatable bonds is 1. The monoisotopic (exact) mass is 159 g/mol. The highest BCUT2D eigenvalue weighted by Crippen LogP contribution is 2.14. The molecule has 0 saturated carbocycles. The molecule has 0 saturated heterocycles. The number of hydrogen-bond donors (Lipinski definition) is 1. The lowest BCUT2D eigenvalue weighted by Crippen LogP contribution is -1.77. The first-order valence-electron chi connectivity index (χ1n) is 3.79. The Bertz CT molecular complexity index is 348. The minimum atomic E-state index is 0.954. The van der Waals surface area contributed by atoms with E-state index in [1.54, 1.807) is 6.20 Å². The van der Waals surface area contributed by atoms with Crippen LogP contribution in [0.5, 0.6) is 0 Å². The van der Waals surface area contributed by atoms with E-state index in [0.717, 1.165) is 11.3 Å². The average molecular weight is 159 g/mol. The van der Waals surface area contributed by atoms with E-state index in [9.17, 15) is 0 Å². The van der Waals surface area contributed by atoms with Crippen molar-refractivity contribution in [2.75, 3.05) is 0 Å². The first-order chi connectivity index (χ1) is 5.86. The fourth-order valence-electron chi connectivity index (χ4n) is 1.07. The van der Waals surface area contributed by atoms with Crippen molar-refractivity contribution < 1.29 is 0 Å². The van der Waals surface area contributed by atoms with Crippen molar-refractivity contribution in [2.45, 2.75) is 6.92 Å². The Morgan fingerprint density at radius 1 is 1.17 bits per heavy atom. The minimum absolute atomic E-state index is 0.954. The van der Waals surface area contributed by atoms with Gasteiger partial charge < -0.3 is 0 Å². The molecule has 0 radical (unpaired) electrons. The van der Waals surface area contributed by atoms with Crippen LogP contribution in [0.1, 0.15) is 5.56 Å². The van der Waals surface area contributed by atoms with Crippen molar-refractivity contribution in [3.8, 4) is 11.3 Å². The van der Waals surface area contributed by atoms with Gasteiger partial charge in [-0.2, -0.15) is 0 Å². The Kier molecular flexibility index (Phi) is 1.63. The van der Waals surface area contributed by atoms with Gasteiger partial charge in [0, 0.05) is 5.56 Å². The lowest BCUT2D eigenvalue weighted by atomic mass is 10.1. The maximum atomic E-state index is 3.72. The Labute approximate surface area is 70.4 Å². The van der Waals surface area contributed by atoms with E-state index in [-0.39, 0.29) is 0 Å². The van der Waals surface area contributed by atoms with Crippen molar-refractivity contribution >= 4 is 0 Å². The molecule has 1 heterocycles. The molecule has 0 atom stereocenters. The molecule has 60 valence electrons. The van der Waals surface area contributed by atoms with Crippen molar-refractivity contribution in [1.82, 2.24) is 15.4 Å². The molecule has 0 aliphatic carbocycles. The third-order valence-corrected chi connectivity index (χ3v) is 1.78. The summed E-state index contributed by atoms with van der Waals surface area (Å²) in [6.45, 7) is 2.06. The molecule has 3 nitrogen and oxygen atoms in total. The standard InChI is InChI=1S/C9H9N3/c1-7-2-4-8(5-3-7)9-6-10-12-11-9/h2-6H,1H3,(H,10,11,12). The van der Waals surface area contributed by atoms with Crippen LogP contribution < -0.4 is 0 Å². The smallest absolute Gasteiger partial charge is 0.0853 e. The summed E-state index contributed by atoms with van der Waals surface area (Å²) >= 11 is 0. The predicted octanol–water partition coefficient (Wildman–Crippen LogP) is 1.78. The second kappa shape index (κ2) is 2.77. The highest BCUT2D eigenvalue weighted by atomic mass is 15.3. The number of aromatic amines is 1. The van der Waals surface area contributed by atoms with Crippen LogP contribution in [0.2, 0.25) is 0 Å². The highest BCUT2D eigenvalue weighted by molar-refractivity contribution is 5.57. The van der Waals surface area contributed by atoms with Gasteiger partial charge in [-0.1, -0.05) is 35.0 Å². The summed E-state index contributed by atoms with van der Waals surface area (Å²) in [6.07, 6.45) is 1.71. The van der Waals surface area contributed by atoms with E-state index in [1.165, 1.54) is 5.56 Å². The van der Waals surface area contributed by atoms with Gasteiger partial charge in [0.2, 0.25) is 0 Å². The summed E-state index contributed by atoms with van der Waals surface area (Å²) < 4.78 is 0. The summed E-state index contributed by atoms with van der Waals surface area (Å²) in [4.78, 5) is 0. The quantitative estimate of drug-likeness (QED) is 0.689. The van der Waals surface area contributed by atoms with Crippen molar-refractivity contribution in [3.05, 3.63) is 36.0 Å². The van der Waals surface area contributed by atoms with E-state index in [0.29, 0.717) is 0 Å². The molecule has 1 aromatic carbocycles. The van der Waals surface area contributed by atoms with Crippen LogP contribution >= 0.6 is 0 Å². The lowest BCUT2D eigenvalue weighted by molar-refractivity contribution is 0.942. The molecule has 0 fully saturated rings. The molecule has 0 bridgehead atoms. The summed E-state index contributed by atoms with van der Waals surface area (Å²) in [5, 5.41) is 10.2. The van der Waals surface area contributed by atoms with Gasteiger partial charge >= 0.3 is 0 Å². The summed E-state index contributed by atoms with van der Waals surface area (Å²) in [7, 11) is 0. The van der Waals surface area contributed by atoms with Gasteiger partial charge in [0.05, 0.1) is 11.9 Å². The van der Waals surface area contributed by atoms with Gasteiger partial charge in [-0.05, 0) is 6.92 Å². The molecule has 2 rings (SSSR count). The minimum Gasteiger partial charge on any atom is -0.258 e. The molecule has 0 unspecified atom stereocenters. The Morgan fingerprint density at radius 2 is 1.92 bits per heavy atom. The maximum absolute atomic E-state index is 3.72. The fourth-order valence-corrected chi connectivity index (χ4v) is 1.07. The summed E-state index contributed by atoms with van der Waals surface area (Å²) in [5.41, 5.74) is 3.33. The second-order valence-corrected chi connectivity index (χ2v) is 2.74. The number of aryl methyl sites for hydroxylation is 1. The third-order valence-electron chi connectivity index (χ3n) is 1.78. The van der Waals surface area contributed by atoms with E-state index >= 15 is 0 Å². The van der Waals surface area contributed by atoms with Crippen LogP contribution in [0.25, 0.3) is 11.3 Å². The molecule has 0 amide bonds. The third kappa shape index (κ3) is 1.21. The molecule has 1 aromatic heterocycles. The lowest BCUT2D eigenvalue weighted by Gasteiger charge is -1.95. The number of H-pyrrole nitrogens is 1. The number of nitrogens with one attached hydrogen (secondary N) is 1. The molecule has 3 heteroatoms. The van der Waals surface area contributed by atoms with Crippen LogP contribution in [0.4, 0.5) is 0 Å². The summed E-state index contributed by atoms with van der Waals surface area (Å²) in [5.74, 6) is 0. The number of benzene rings is 1. The van der Waals surface area contributed by atoms with Crippen LogP contribution in [0, 0.1) is 6.92 Å². The first kappa shape index (κ1) is 7.03. The van der Waals surface area contributed by atoms with E-state index in [1.807, 2.05) is 12.1 Å². The molecule has 12 heavy (non-hydrogen) atoms. The van der Waals surface area contributed by atoms with Crippen LogP contribution in [-0.4, -0.2) is 15.4 Å². The maximum Gasteiger partial charge on any atom is 0.0853 e. The fraction of sp³-hybridized carbons (Fsp3) is 0.111. The first-order valence-corrected chi connectivity index (χ1v) is 3.79. The summed E-state index contributed by atoms with van der Waals surface area (Å²) in [6, 6.07) is 8.22. The zero-order chi connectivity index (χ0) is 8.39. The number of hydrogen-bond acceptors (Lipinski definition) is 2. The van der Waals surface area contributed by atoms with E-state index < -0.39 is 0 Å². The second-order valence-electron chi connectivity index (χ2n) is 2.74. The molecule has 0 spiro atoms. The number of nitrogens with zero attached hydrogens (tertiary/aromatic N) is 2. The average Bonchev–Trinajstić information content (AvgIpc) is 2.58. The molecule has 0 aliphatic rings. The van der Waals surface area contributed by atoms with Crippen molar-refractivity contribution in [1.29, 1.82) is 0 Å². The predicted molar refractivity (Wildman–Crippen MR) is 46.6 cm³/mol. The molecule has 0 aliphatic heterocycles. The van der Waals surface area contributed by atoms with Crippen LogP contribution in [-0.2, 0) is 0 Å². The van der Waals surface area contributed by atoms with E-state index in [2.05, 4.69) is 34.5 Å². The van der Waals surface area contributed by atoms with Gasteiger partial charge in [-0.25, -0.2) is 0 Å². The zero-order valence-electron chi connectivity index (χ0n) is 6.78. The van der Waals surface area contributed by atoms with Crippen LogP contribution in [0.3, 0.4) is 0 Å². The topological polar surface area (TPSA) is 41.6 Å². The molecule has 1 N–H and O–H groups in total. The van der Waals surface area contributed by atoms with Gasteiger partial charge in [-0.15, -0.1) is 5.10 Å². The van der Waals surface area contributed by atoms with Gasteiger partial charge in [-0.3, -0.25) is 5.10 Å². The zero-order valence-corrected chi connectivity index (χ0v) is 6.78. The van der Waals surface area contributed by atoms with Crippen molar-refractivity contribution in [3.63, 3.8) is 0 Å². The Hall–Kier alpha value is -1.64. The van der Waals surface area contributed by atoms with E-state index in [4.69, 9.17) is 0 Å². The number of aromatic nitrogens is 3. The SMILES string of the molecule is Cc1ccc(-c2cnn[nH]2)cc1. The normalized spacial score (nSPS) is 10.1. The largest absolute Gasteiger partial charge is 0.258 e. The molecular weight excluding hydrogens is 150 g/mol. The van der Waals surface area contributed by atoms with Gasteiger partial charge in [0.1, 0.15) is 0 Å². The van der Waals surface area contributed by atoms with Gasteiger partial charge in [0.15, 0.2) is 0 Å². The van der Waals surface area contributed by atoms with Crippen molar-refractivity contribution in [2.24, 2.45) is 0 Å². The Morgan fingerprint density at radius 3 is 2.50 bits per heavy atom. The van der Waals surface area contributed by atoms with Gasteiger partial charge in [0.25, 0.3) is 0 Å². The van der Waals surface area contributed by atoms with Crippen LogP contribution in [0.15, 0.2) is 30.5 Å². The molecule has 2 aromatic rings. The highest BCUT2D eigenvalue weighted by Gasteiger charge is 1.96. The Balaban J connectivity index is 2.43.